The van der Waals surface area contributed by atoms with Gasteiger partial charge in [0.05, 0.1) is 11.4 Å². The van der Waals surface area contributed by atoms with Crippen LogP contribution >= 0.6 is 11.8 Å². The fourth-order valence-corrected chi connectivity index (χ4v) is 3.43. The summed E-state index contributed by atoms with van der Waals surface area (Å²) in [5.74, 6) is 0. The average molecular weight is 256 g/mol. The topological polar surface area (TPSA) is 58.5 Å². The summed E-state index contributed by atoms with van der Waals surface area (Å²) < 4.78 is 26.3. The number of benzene rings is 1. The van der Waals surface area contributed by atoms with Gasteiger partial charge in [0, 0.05) is 5.25 Å². The van der Waals surface area contributed by atoms with Crippen LogP contribution in [0.15, 0.2) is 40.2 Å². The number of hydrogen-bond acceptors (Lipinski definition) is 4. The van der Waals surface area contributed by atoms with Crippen LogP contribution in [-0.4, -0.2) is 25.4 Å². The maximum Gasteiger partial charge on any atom is 0.263 e. The molecule has 0 spiro atoms. The van der Waals surface area contributed by atoms with Gasteiger partial charge in [-0.15, -0.1) is 0 Å². The first-order valence-corrected chi connectivity index (χ1v) is 7.23. The maximum atomic E-state index is 11.9. The zero-order valence-corrected chi connectivity index (χ0v) is 10.4. The molecule has 0 bridgehead atoms. The number of nitrogens with one attached hydrogen (secondary N) is 1. The highest BCUT2D eigenvalue weighted by Crippen LogP contribution is 2.20. The standard InChI is InChI=1S/C10H12N2O2S2/c1-8-7-11-10(15-8)12-16(13,14)9-5-3-2-4-6-9/h2-6,8H,7H2,1H3,(H,11,12). The van der Waals surface area contributed by atoms with Gasteiger partial charge in [0.2, 0.25) is 0 Å². The number of aliphatic imine (C=N–C) groups is 1. The van der Waals surface area contributed by atoms with Gasteiger partial charge >= 0.3 is 0 Å². The Morgan fingerprint density at radius 1 is 1.38 bits per heavy atom. The summed E-state index contributed by atoms with van der Waals surface area (Å²) in [6.07, 6.45) is 0. The number of thioether (sulfide) groups is 1. The van der Waals surface area contributed by atoms with E-state index in [0.29, 0.717) is 17.0 Å². The average Bonchev–Trinajstić information content (AvgIpc) is 2.64. The summed E-state index contributed by atoms with van der Waals surface area (Å²) >= 11 is 1.45. The third kappa shape index (κ3) is 2.56. The Bertz CT molecular complexity index is 497. The fraction of sp³-hybridized carbons (Fsp3) is 0.300. The number of rotatable bonds is 2. The second kappa shape index (κ2) is 4.47. The molecule has 0 aliphatic carbocycles. The van der Waals surface area contributed by atoms with E-state index in [9.17, 15) is 8.42 Å². The molecule has 2 rings (SSSR count). The zero-order valence-electron chi connectivity index (χ0n) is 8.75. The lowest BCUT2D eigenvalue weighted by Gasteiger charge is -2.07. The molecule has 86 valence electrons. The largest absolute Gasteiger partial charge is 0.263 e. The number of nitrogens with zero attached hydrogens (tertiary/aromatic N) is 1. The van der Waals surface area contributed by atoms with Crippen LogP contribution < -0.4 is 4.72 Å². The van der Waals surface area contributed by atoms with Gasteiger partial charge in [-0.25, -0.2) is 8.42 Å². The third-order valence-corrected chi connectivity index (χ3v) is 4.57. The molecular formula is C10H12N2O2S2. The second-order valence-electron chi connectivity index (χ2n) is 3.49. The predicted molar refractivity (Wildman–Crippen MR) is 66.1 cm³/mol. The molecule has 1 N–H and O–H groups in total. The predicted octanol–water partition coefficient (Wildman–Crippen LogP) is 1.46. The molecule has 1 aromatic rings. The smallest absolute Gasteiger partial charge is 0.261 e. The van der Waals surface area contributed by atoms with Crippen molar-refractivity contribution in [2.24, 2.45) is 4.99 Å². The Hall–Kier alpha value is -1.01. The number of hydrogen-bond donors (Lipinski definition) is 1. The number of sulfonamides is 1. The van der Waals surface area contributed by atoms with Crippen LogP contribution in [0.1, 0.15) is 6.92 Å². The molecular weight excluding hydrogens is 244 g/mol. The van der Waals surface area contributed by atoms with Crippen LogP contribution in [0, 0.1) is 0 Å². The first-order chi connectivity index (χ1) is 7.58. The van der Waals surface area contributed by atoms with Crippen LogP contribution in [0.25, 0.3) is 0 Å². The first-order valence-electron chi connectivity index (χ1n) is 4.87. The molecule has 4 nitrogen and oxygen atoms in total. The lowest BCUT2D eigenvalue weighted by molar-refractivity contribution is 0.593. The maximum absolute atomic E-state index is 11.9. The van der Waals surface area contributed by atoms with Gasteiger partial charge in [0.1, 0.15) is 0 Å². The summed E-state index contributed by atoms with van der Waals surface area (Å²) in [6.45, 7) is 2.68. The summed E-state index contributed by atoms with van der Waals surface area (Å²) in [5.41, 5.74) is 0. The molecule has 0 saturated heterocycles. The second-order valence-corrected chi connectivity index (χ2v) is 6.60. The summed E-state index contributed by atoms with van der Waals surface area (Å²) in [6, 6.07) is 8.29. The van der Waals surface area contributed by atoms with E-state index in [-0.39, 0.29) is 4.90 Å². The van der Waals surface area contributed by atoms with Crippen molar-refractivity contribution in [3.05, 3.63) is 30.3 Å². The van der Waals surface area contributed by atoms with E-state index in [4.69, 9.17) is 0 Å². The molecule has 6 heteroatoms. The van der Waals surface area contributed by atoms with Crippen molar-refractivity contribution in [2.75, 3.05) is 6.54 Å². The van der Waals surface area contributed by atoms with Crippen LogP contribution in [0.3, 0.4) is 0 Å². The fourth-order valence-electron chi connectivity index (χ4n) is 1.31. The van der Waals surface area contributed by atoms with Gasteiger partial charge in [0.15, 0.2) is 5.17 Å². The molecule has 0 aromatic heterocycles. The molecule has 1 aliphatic heterocycles. The molecule has 0 radical (unpaired) electrons. The van der Waals surface area contributed by atoms with Crippen molar-refractivity contribution in [3.8, 4) is 0 Å². The highest BCUT2D eigenvalue weighted by Gasteiger charge is 2.21. The van der Waals surface area contributed by atoms with E-state index < -0.39 is 10.0 Å². The molecule has 1 unspecified atom stereocenters. The van der Waals surface area contributed by atoms with Crippen molar-refractivity contribution in [1.29, 1.82) is 0 Å². The SMILES string of the molecule is CC1CN=C(NS(=O)(=O)c2ccccc2)S1. The normalized spacial score (nSPS) is 20.6. The van der Waals surface area contributed by atoms with Crippen LogP contribution in [0.4, 0.5) is 0 Å². The van der Waals surface area contributed by atoms with Gasteiger partial charge in [-0.1, -0.05) is 36.9 Å². The Labute approximate surface area is 99.2 Å². The van der Waals surface area contributed by atoms with Gasteiger partial charge in [-0.05, 0) is 12.1 Å². The van der Waals surface area contributed by atoms with Crippen molar-refractivity contribution >= 4 is 27.0 Å². The Morgan fingerprint density at radius 2 is 2.06 bits per heavy atom. The molecule has 1 atom stereocenters. The van der Waals surface area contributed by atoms with E-state index >= 15 is 0 Å². The van der Waals surface area contributed by atoms with Crippen LogP contribution in [0.2, 0.25) is 0 Å². The highest BCUT2D eigenvalue weighted by molar-refractivity contribution is 8.15. The molecule has 1 aromatic carbocycles. The van der Waals surface area contributed by atoms with E-state index in [1.165, 1.54) is 11.8 Å². The molecule has 0 amide bonds. The van der Waals surface area contributed by atoms with Crippen molar-refractivity contribution < 1.29 is 8.42 Å². The van der Waals surface area contributed by atoms with Crippen molar-refractivity contribution in [3.63, 3.8) is 0 Å². The monoisotopic (exact) mass is 256 g/mol. The minimum Gasteiger partial charge on any atom is -0.261 e. The quantitative estimate of drug-likeness (QED) is 0.871. The van der Waals surface area contributed by atoms with E-state index in [0.717, 1.165) is 0 Å². The third-order valence-electron chi connectivity index (χ3n) is 2.08. The summed E-state index contributed by atoms with van der Waals surface area (Å²) in [7, 11) is -3.47. The molecule has 1 heterocycles. The minimum absolute atomic E-state index is 0.262. The van der Waals surface area contributed by atoms with Crippen LogP contribution in [0.5, 0.6) is 0 Å². The lowest BCUT2D eigenvalue weighted by Crippen LogP contribution is -2.27. The number of amidine groups is 1. The Balaban J connectivity index is 2.16. The molecule has 0 saturated carbocycles. The molecule has 0 fully saturated rings. The minimum atomic E-state index is -3.47. The van der Waals surface area contributed by atoms with Gasteiger partial charge in [-0.3, -0.25) is 9.71 Å². The summed E-state index contributed by atoms with van der Waals surface area (Å²) in [4.78, 5) is 4.38. The summed E-state index contributed by atoms with van der Waals surface area (Å²) in [5, 5.41) is 0.824. The van der Waals surface area contributed by atoms with Gasteiger partial charge in [0.25, 0.3) is 10.0 Å². The highest BCUT2D eigenvalue weighted by atomic mass is 32.2. The molecule has 16 heavy (non-hydrogen) atoms. The Kier molecular flexibility index (Phi) is 3.20. The zero-order chi connectivity index (χ0) is 11.6. The first kappa shape index (κ1) is 11.5. The van der Waals surface area contributed by atoms with Crippen LogP contribution in [-0.2, 0) is 10.0 Å². The van der Waals surface area contributed by atoms with Gasteiger partial charge < -0.3 is 0 Å². The molecule has 1 aliphatic rings. The van der Waals surface area contributed by atoms with E-state index in [1.807, 2.05) is 6.92 Å². The van der Waals surface area contributed by atoms with E-state index in [1.54, 1.807) is 30.3 Å². The van der Waals surface area contributed by atoms with Crippen molar-refractivity contribution in [2.45, 2.75) is 17.1 Å². The van der Waals surface area contributed by atoms with Gasteiger partial charge in [-0.2, -0.15) is 0 Å². The Morgan fingerprint density at radius 3 is 2.62 bits per heavy atom. The van der Waals surface area contributed by atoms with E-state index in [2.05, 4.69) is 9.71 Å². The van der Waals surface area contributed by atoms with Crippen molar-refractivity contribution in [1.82, 2.24) is 4.72 Å². The lowest BCUT2D eigenvalue weighted by atomic mass is 10.4.